The fraction of sp³-hybridized carbons (Fsp3) is 0.600. The fourth-order valence-electron chi connectivity index (χ4n) is 2.21. The minimum Gasteiger partial charge on any atom is -1.00 e. The van der Waals surface area contributed by atoms with Crippen molar-refractivity contribution in [3.8, 4) is 5.75 Å². The lowest BCUT2D eigenvalue weighted by molar-refractivity contribution is -0.923. The first-order valence-corrected chi connectivity index (χ1v) is 6.70. The summed E-state index contributed by atoms with van der Waals surface area (Å²) in [4.78, 5) is 0. The van der Waals surface area contributed by atoms with Gasteiger partial charge in [-0.25, -0.2) is 0 Å². The Morgan fingerprint density at radius 1 is 1.06 bits per heavy atom. The van der Waals surface area contributed by atoms with E-state index in [9.17, 15) is 0 Å². The molecular formula is C15H26BrNO. The van der Waals surface area contributed by atoms with Crippen LogP contribution in [0.25, 0.3) is 0 Å². The topological polar surface area (TPSA) is 9.23 Å². The van der Waals surface area contributed by atoms with Gasteiger partial charge in [-0.1, -0.05) is 12.1 Å². The second kappa shape index (κ2) is 8.54. The monoisotopic (exact) mass is 315 g/mol. The van der Waals surface area contributed by atoms with E-state index < -0.39 is 0 Å². The van der Waals surface area contributed by atoms with Crippen molar-refractivity contribution >= 4 is 0 Å². The van der Waals surface area contributed by atoms with E-state index in [4.69, 9.17) is 4.74 Å². The molecule has 0 aliphatic rings. The standard InChI is InChI=1S/C15H26NO.BrH/c1-5-16(6-2,7-3)11-12-17-15-10-8-9-14(4)13-15;/h8-10,13H,5-7,11-12H2,1-4H3;1H/q+1;/p-1. The van der Waals surface area contributed by atoms with Gasteiger partial charge in [0.1, 0.15) is 18.9 Å². The predicted molar refractivity (Wildman–Crippen MR) is 73.4 cm³/mol. The fourth-order valence-corrected chi connectivity index (χ4v) is 2.21. The average Bonchev–Trinajstić information content (AvgIpc) is 2.35. The van der Waals surface area contributed by atoms with E-state index in [-0.39, 0.29) is 17.0 Å². The molecule has 2 nitrogen and oxygen atoms in total. The van der Waals surface area contributed by atoms with Gasteiger partial charge < -0.3 is 26.2 Å². The number of quaternary nitrogens is 1. The maximum atomic E-state index is 5.83. The third-order valence-corrected chi connectivity index (χ3v) is 3.84. The third kappa shape index (κ3) is 4.99. The molecule has 0 saturated carbocycles. The van der Waals surface area contributed by atoms with Crippen LogP contribution in [-0.4, -0.2) is 37.3 Å². The molecule has 0 spiro atoms. The zero-order chi connectivity index (χ0) is 12.7. The maximum Gasteiger partial charge on any atom is 0.137 e. The molecule has 0 aromatic heterocycles. The van der Waals surface area contributed by atoms with Crippen LogP contribution < -0.4 is 21.7 Å². The Bertz CT molecular complexity index is 329. The molecule has 0 radical (unpaired) electrons. The van der Waals surface area contributed by atoms with E-state index >= 15 is 0 Å². The van der Waals surface area contributed by atoms with Gasteiger partial charge in [0, 0.05) is 0 Å². The minimum absolute atomic E-state index is 0. The van der Waals surface area contributed by atoms with Gasteiger partial charge in [-0.2, -0.15) is 0 Å². The van der Waals surface area contributed by atoms with Gasteiger partial charge >= 0.3 is 0 Å². The van der Waals surface area contributed by atoms with Gasteiger partial charge in [0.05, 0.1) is 19.6 Å². The third-order valence-electron chi connectivity index (χ3n) is 3.84. The first-order chi connectivity index (χ1) is 8.15. The summed E-state index contributed by atoms with van der Waals surface area (Å²) in [6, 6.07) is 8.27. The smallest absolute Gasteiger partial charge is 0.137 e. The molecule has 0 atom stereocenters. The molecule has 1 rings (SSSR count). The van der Waals surface area contributed by atoms with Crippen molar-refractivity contribution in [2.45, 2.75) is 27.7 Å². The maximum absolute atomic E-state index is 5.83. The number of aryl methyl sites for hydroxylation is 1. The molecule has 18 heavy (non-hydrogen) atoms. The SMILES string of the molecule is CC[N+](CC)(CC)CCOc1cccc(C)c1.[Br-]. The molecule has 3 heteroatoms. The van der Waals surface area contributed by atoms with Crippen molar-refractivity contribution < 1.29 is 26.2 Å². The van der Waals surface area contributed by atoms with E-state index in [0.717, 1.165) is 23.4 Å². The zero-order valence-electron chi connectivity index (χ0n) is 12.1. The number of hydrogen-bond acceptors (Lipinski definition) is 1. The Kier molecular flexibility index (Phi) is 8.29. The summed E-state index contributed by atoms with van der Waals surface area (Å²) < 4.78 is 6.98. The van der Waals surface area contributed by atoms with Crippen molar-refractivity contribution in [2.24, 2.45) is 0 Å². The van der Waals surface area contributed by atoms with Crippen molar-refractivity contribution in [3.63, 3.8) is 0 Å². The highest BCUT2D eigenvalue weighted by Crippen LogP contribution is 2.13. The lowest BCUT2D eigenvalue weighted by Gasteiger charge is -2.35. The largest absolute Gasteiger partial charge is 1.00 e. The second-order valence-electron chi connectivity index (χ2n) is 4.68. The highest BCUT2D eigenvalue weighted by atomic mass is 79.9. The lowest BCUT2D eigenvalue weighted by Crippen LogP contribution is -3.00. The van der Waals surface area contributed by atoms with Crippen LogP contribution in [0.4, 0.5) is 0 Å². The van der Waals surface area contributed by atoms with Crippen LogP contribution in [-0.2, 0) is 0 Å². The molecular weight excluding hydrogens is 290 g/mol. The first-order valence-electron chi connectivity index (χ1n) is 6.70. The van der Waals surface area contributed by atoms with Gasteiger partial charge in [-0.05, 0) is 45.4 Å². The van der Waals surface area contributed by atoms with E-state index in [1.807, 2.05) is 12.1 Å². The van der Waals surface area contributed by atoms with Gasteiger partial charge in [-0.15, -0.1) is 0 Å². The highest BCUT2D eigenvalue weighted by Gasteiger charge is 2.20. The van der Waals surface area contributed by atoms with Crippen LogP contribution in [0, 0.1) is 6.92 Å². The molecule has 104 valence electrons. The van der Waals surface area contributed by atoms with Crippen LogP contribution in [0.5, 0.6) is 5.75 Å². The molecule has 0 aliphatic heterocycles. The Balaban J connectivity index is 0.00000289. The molecule has 0 bridgehead atoms. The predicted octanol–water partition coefficient (Wildman–Crippen LogP) is 0.254. The van der Waals surface area contributed by atoms with Crippen LogP contribution in [0.2, 0.25) is 0 Å². The first kappa shape index (κ1) is 17.5. The summed E-state index contributed by atoms with van der Waals surface area (Å²) in [5.41, 5.74) is 1.25. The normalized spacial score (nSPS) is 10.9. The summed E-state index contributed by atoms with van der Waals surface area (Å²) in [5.74, 6) is 0.992. The molecule has 0 amide bonds. The van der Waals surface area contributed by atoms with Crippen LogP contribution in [0.1, 0.15) is 26.3 Å². The molecule has 0 saturated heterocycles. The van der Waals surface area contributed by atoms with E-state index in [1.165, 1.54) is 25.2 Å². The Morgan fingerprint density at radius 2 is 1.67 bits per heavy atom. The summed E-state index contributed by atoms with van der Waals surface area (Å²) in [7, 11) is 0. The number of nitrogens with zero attached hydrogens (tertiary/aromatic N) is 1. The molecule has 1 aromatic rings. The van der Waals surface area contributed by atoms with E-state index in [2.05, 4.69) is 39.8 Å². The molecule has 0 fully saturated rings. The van der Waals surface area contributed by atoms with Crippen molar-refractivity contribution in [2.75, 3.05) is 32.8 Å². The van der Waals surface area contributed by atoms with Crippen LogP contribution >= 0.6 is 0 Å². The molecule has 0 heterocycles. The number of ether oxygens (including phenoxy) is 1. The quantitative estimate of drug-likeness (QED) is 0.656. The summed E-state index contributed by atoms with van der Waals surface area (Å²) >= 11 is 0. The van der Waals surface area contributed by atoms with Crippen LogP contribution in [0.15, 0.2) is 24.3 Å². The molecule has 0 unspecified atom stereocenters. The van der Waals surface area contributed by atoms with Crippen LogP contribution in [0.3, 0.4) is 0 Å². The number of likely N-dealkylation sites (N-methyl/N-ethyl adjacent to an activating group) is 1. The Hall–Kier alpha value is -0.540. The highest BCUT2D eigenvalue weighted by molar-refractivity contribution is 5.27. The summed E-state index contributed by atoms with van der Waals surface area (Å²) in [6.07, 6.45) is 0. The Labute approximate surface area is 122 Å². The van der Waals surface area contributed by atoms with Gasteiger partial charge in [-0.3, -0.25) is 0 Å². The van der Waals surface area contributed by atoms with Gasteiger partial charge in [0.15, 0.2) is 0 Å². The lowest BCUT2D eigenvalue weighted by atomic mass is 10.2. The number of benzene rings is 1. The number of rotatable bonds is 7. The van der Waals surface area contributed by atoms with Crippen molar-refractivity contribution in [3.05, 3.63) is 29.8 Å². The van der Waals surface area contributed by atoms with Crippen molar-refractivity contribution in [1.29, 1.82) is 0 Å². The molecule has 1 aromatic carbocycles. The summed E-state index contributed by atoms with van der Waals surface area (Å²) in [5, 5.41) is 0. The van der Waals surface area contributed by atoms with Gasteiger partial charge in [0.25, 0.3) is 0 Å². The zero-order valence-corrected chi connectivity index (χ0v) is 13.7. The number of hydrogen-bond donors (Lipinski definition) is 0. The average molecular weight is 316 g/mol. The Morgan fingerprint density at radius 3 is 2.17 bits per heavy atom. The summed E-state index contributed by atoms with van der Waals surface area (Å²) in [6.45, 7) is 14.3. The number of halogens is 1. The molecule has 0 aliphatic carbocycles. The minimum atomic E-state index is 0. The van der Waals surface area contributed by atoms with Gasteiger partial charge in [0.2, 0.25) is 0 Å². The van der Waals surface area contributed by atoms with Crippen molar-refractivity contribution in [1.82, 2.24) is 0 Å². The van der Waals surface area contributed by atoms with E-state index in [1.54, 1.807) is 0 Å². The molecule has 0 N–H and O–H groups in total. The second-order valence-corrected chi connectivity index (χ2v) is 4.68. The van der Waals surface area contributed by atoms with E-state index in [0.29, 0.717) is 0 Å².